The summed E-state index contributed by atoms with van der Waals surface area (Å²) in [4.78, 5) is 20.3. The average Bonchev–Trinajstić information content (AvgIpc) is 1.63. The van der Waals surface area contributed by atoms with Crippen molar-refractivity contribution in [1.82, 2.24) is 5.32 Å². The minimum Gasteiger partial charge on any atom is -0.433 e. The number of alkyl halides is 1. The molecule has 0 saturated carbocycles. The van der Waals surface area contributed by atoms with E-state index in [1.165, 1.54) is 6.92 Å². The number of carbonyl (C=O) groups is 2. The van der Waals surface area contributed by atoms with E-state index in [-0.39, 0.29) is 6.07 Å². The molecule has 0 saturated heterocycles. The van der Waals surface area contributed by atoms with Crippen LogP contribution < -0.4 is 5.32 Å². The van der Waals surface area contributed by atoms with Crippen LogP contribution in [0.1, 0.15) is 6.92 Å². The van der Waals surface area contributed by atoms with E-state index in [4.69, 9.17) is 11.6 Å². The van der Waals surface area contributed by atoms with Crippen molar-refractivity contribution >= 4 is 23.6 Å². The highest BCUT2D eigenvalue weighted by atomic mass is 35.5. The second-order valence-corrected chi connectivity index (χ2v) is 1.44. The van der Waals surface area contributed by atoms with Crippen molar-refractivity contribution < 1.29 is 14.3 Å². The molecule has 0 unspecified atom stereocenters. The van der Waals surface area contributed by atoms with Gasteiger partial charge in [0.2, 0.25) is 5.91 Å². The summed E-state index contributed by atoms with van der Waals surface area (Å²) < 4.78 is 4.15. The van der Waals surface area contributed by atoms with Gasteiger partial charge in [-0.2, -0.15) is 0 Å². The van der Waals surface area contributed by atoms with Gasteiger partial charge in [0, 0.05) is 6.92 Å². The Morgan fingerprint density at radius 2 is 2.22 bits per heavy atom. The molecule has 2 amide bonds. The van der Waals surface area contributed by atoms with Crippen molar-refractivity contribution in [2.75, 3.05) is 6.07 Å². The molecule has 52 valence electrons. The van der Waals surface area contributed by atoms with E-state index in [1.54, 1.807) is 0 Å². The van der Waals surface area contributed by atoms with Gasteiger partial charge in [0.25, 0.3) is 0 Å². The Hall–Kier alpha value is -0.770. The molecule has 0 aliphatic rings. The lowest BCUT2D eigenvalue weighted by Gasteiger charge is -1.97. The molecule has 0 heterocycles. The smallest absolute Gasteiger partial charge is 0.415 e. The molecule has 1 N–H and O–H groups in total. The van der Waals surface area contributed by atoms with Crippen molar-refractivity contribution in [1.29, 1.82) is 0 Å². The SMILES string of the molecule is CC(=O)NC(=O)OCCl. The van der Waals surface area contributed by atoms with Gasteiger partial charge in [-0.1, -0.05) is 11.6 Å². The van der Waals surface area contributed by atoms with E-state index in [2.05, 4.69) is 4.74 Å². The highest BCUT2D eigenvalue weighted by Crippen LogP contribution is 1.79. The fraction of sp³-hybridized carbons (Fsp3) is 0.500. The first-order valence-corrected chi connectivity index (χ1v) is 2.70. The molecule has 5 heteroatoms. The zero-order valence-corrected chi connectivity index (χ0v) is 5.57. The van der Waals surface area contributed by atoms with Crippen LogP contribution in [0.15, 0.2) is 0 Å². The Balaban J connectivity index is 3.39. The molecule has 0 spiro atoms. The van der Waals surface area contributed by atoms with Crippen molar-refractivity contribution in [3.63, 3.8) is 0 Å². The number of halogens is 1. The predicted octanol–water partition coefficient (Wildman–Crippen LogP) is 0.455. The van der Waals surface area contributed by atoms with Crippen molar-refractivity contribution in [2.24, 2.45) is 0 Å². The Labute approximate surface area is 57.1 Å². The van der Waals surface area contributed by atoms with Crippen molar-refractivity contribution in [2.45, 2.75) is 6.92 Å². The fourth-order valence-corrected chi connectivity index (χ4v) is 0.328. The Bertz CT molecular complexity index is 125. The van der Waals surface area contributed by atoms with Gasteiger partial charge in [0.15, 0.2) is 6.07 Å². The molecule has 0 atom stereocenters. The highest BCUT2D eigenvalue weighted by molar-refractivity contribution is 6.17. The summed E-state index contributed by atoms with van der Waals surface area (Å²) >= 11 is 4.99. The minimum absolute atomic E-state index is 0.251. The lowest BCUT2D eigenvalue weighted by atomic mass is 10.7. The van der Waals surface area contributed by atoms with Gasteiger partial charge in [-0.25, -0.2) is 4.79 Å². The molecule has 0 fully saturated rings. The Morgan fingerprint density at radius 1 is 1.67 bits per heavy atom. The summed E-state index contributed by atoms with van der Waals surface area (Å²) in [7, 11) is 0. The van der Waals surface area contributed by atoms with E-state index in [1.807, 2.05) is 5.32 Å². The number of alkyl carbamates (subject to hydrolysis) is 1. The second-order valence-electron chi connectivity index (χ2n) is 1.22. The largest absolute Gasteiger partial charge is 0.433 e. The van der Waals surface area contributed by atoms with Crippen molar-refractivity contribution in [3.8, 4) is 0 Å². The second kappa shape index (κ2) is 4.14. The number of hydrogen-bond acceptors (Lipinski definition) is 3. The first kappa shape index (κ1) is 8.23. The number of amides is 2. The molecule has 0 bridgehead atoms. The van der Waals surface area contributed by atoms with E-state index >= 15 is 0 Å². The van der Waals surface area contributed by atoms with Crippen LogP contribution in [0.2, 0.25) is 0 Å². The Morgan fingerprint density at radius 3 is 2.56 bits per heavy atom. The third-order valence-electron chi connectivity index (χ3n) is 0.464. The topological polar surface area (TPSA) is 55.4 Å². The number of ether oxygens (including phenoxy) is 1. The maximum absolute atomic E-state index is 10.2. The van der Waals surface area contributed by atoms with Crippen LogP contribution in [0.3, 0.4) is 0 Å². The summed E-state index contributed by atoms with van der Waals surface area (Å²) in [5, 5.41) is 1.86. The third-order valence-corrected chi connectivity index (χ3v) is 0.573. The summed E-state index contributed by atoms with van der Waals surface area (Å²) in [5.74, 6) is -0.467. The minimum atomic E-state index is -0.822. The fourth-order valence-electron chi connectivity index (χ4n) is 0.229. The molecule has 0 aromatic rings. The molecular weight excluding hydrogens is 146 g/mol. The third kappa shape index (κ3) is 5.10. The Kier molecular flexibility index (Phi) is 3.79. The molecule has 9 heavy (non-hydrogen) atoms. The molecule has 0 rings (SSSR count). The molecular formula is C4H6ClNO3. The summed E-state index contributed by atoms with van der Waals surface area (Å²) in [6, 6.07) is -0.251. The number of nitrogens with one attached hydrogen (secondary N) is 1. The summed E-state index contributed by atoms with van der Waals surface area (Å²) in [6.07, 6.45) is -0.822. The van der Waals surface area contributed by atoms with Crippen molar-refractivity contribution in [3.05, 3.63) is 0 Å². The molecule has 0 aromatic carbocycles. The first-order valence-electron chi connectivity index (χ1n) is 2.17. The number of carbonyl (C=O) groups excluding carboxylic acids is 2. The summed E-state index contributed by atoms with van der Waals surface area (Å²) in [5.41, 5.74) is 0. The molecule has 4 nitrogen and oxygen atoms in total. The van der Waals surface area contributed by atoms with Crippen LogP contribution in [0.25, 0.3) is 0 Å². The number of hydrogen-bond donors (Lipinski definition) is 1. The summed E-state index contributed by atoms with van der Waals surface area (Å²) in [6.45, 7) is 1.20. The van der Waals surface area contributed by atoms with Gasteiger partial charge in [-0.15, -0.1) is 0 Å². The maximum atomic E-state index is 10.2. The van der Waals surface area contributed by atoms with Crippen LogP contribution in [0, 0.1) is 0 Å². The van der Waals surface area contributed by atoms with Crippen LogP contribution in [-0.2, 0) is 9.53 Å². The van der Waals surface area contributed by atoms with Gasteiger partial charge < -0.3 is 4.74 Å². The van der Waals surface area contributed by atoms with E-state index < -0.39 is 12.0 Å². The monoisotopic (exact) mass is 151 g/mol. The molecule has 0 aliphatic carbocycles. The van der Waals surface area contributed by atoms with Gasteiger partial charge in [-0.3, -0.25) is 10.1 Å². The van der Waals surface area contributed by atoms with Crippen LogP contribution in [-0.4, -0.2) is 18.1 Å². The van der Waals surface area contributed by atoms with Gasteiger partial charge in [0.05, 0.1) is 0 Å². The van der Waals surface area contributed by atoms with Crippen LogP contribution in [0.4, 0.5) is 4.79 Å². The lowest BCUT2D eigenvalue weighted by molar-refractivity contribution is -0.118. The highest BCUT2D eigenvalue weighted by Gasteiger charge is 2.00. The average molecular weight is 152 g/mol. The predicted molar refractivity (Wildman–Crippen MR) is 31.0 cm³/mol. The molecule has 0 aliphatic heterocycles. The van der Waals surface area contributed by atoms with E-state index in [9.17, 15) is 9.59 Å². The quantitative estimate of drug-likeness (QED) is 0.554. The normalized spacial score (nSPS) is 8.22. The van der Waals surface area contributed by atoms with Gasteiger partial charge in [-0.05, 0) is 0 Å². The zero-order valence-electron chi connectivity index (χ0n) is 4.81. The molecule has 0 aromatic heterocycles. The van der Waals surface area contributed by atoms with Crippen LogP contribution >= 0.6 is 11.6 Å². The first-order chi connectivity index (χ1) is 4.16. The van der Waals surface area contributed by atoms with Gasteiger partial charge >= 0.3 is 6.09 Å². The molecule has 0 radical (unpaired) electrons. The van der Waals surface area contributed by atoms with E-state index in [0.717, 1.165) is 0 Å². The zero-order chi connectivity index (χ0) is 7.28. The lowest BCUT2D eigenvalue weighted by Crippen LogP contribution is -2.28. The standard InChI is InChI=1S/C4H6ClNO3/c1-3(7)6-4(8)9-2-5/h2H2,1H3,(H,6,7,8). The van der Waals surface area contributed by atoms with E-state index in [0.29, 0.717) is 0 Å². The number of rotatable bonds is 1. The van der Waals surface area contributed by atoms with Gasteiger partial charge in [0.1, 0.15) is 0 Å². The van der Waals surface area contributed by atoms with Crippen LogP contribution in [0.5, 0.6) is 0 Å². The number of imide groups is 1. The maximum Gasteiger partial charge on any atom is 0.415 e.